The molecule has 1 aliphatic rings. The van der Waals surface area contributed by atoms with Gasteiger partial charge in [-0.3, -0.25) is 4.79 Å². The molecule has 1 saturated heterocycles. The Morgan fingerprint density at radius 3 is 2.67 bits per heavy atom. The van der Waals surface area contributed by atoms with Crippen molar-refractivity contribution >= 4 is 17.7 Å². The van der Waals surface area contributed by atoms with Crippen LogP contribution in [0.25, 0.3) is 0 Å². The highest BCUT2D eigenvalue weighted by Gasteiger charge is 2.48. The number of hydrogen-bond acceptors (Lipinski definition) is 2. The molecular weight excluding hydrogens is 234 g/mol. The van der Waals surface area contributed by atoms with E-state index in [0.717, 1.165) is 17.9 Å². The summed E-state index contributed by atoms with van der Waals surface area (Å²) in [5, 5.41) is 1.86. The smallest absolute Gasteiger partial charge is 0.350 e. The number of carbonyl (C=O) groups excluding carboxylic acids is 1. The van der Waals surface area contributed by atoms with Crippen LogP contribution in [0, 0.1) is 5.92 Å². The Kier molecular flexibility index (Phi) is 4.24. The molecule has 0 radical (unpaired) electrons. The summed E-state index contributed by atoms with van der Waals surface area (Å²) < 4.78 is 48.4. The summed E-state index contributed by atoms with van der Waals surface area (Å²) >= 11 is 1.66. The van der Waals surface area contributed by atoms with E-state index in [1.54, 1.807) is 11.8 Å². The van der Waals surface area contributed by atoms with Crippen LogP contribution in [0.15, 0.2) is 0 Å². The molecule has 1 unspecified atom stereocenters. The lowest BCUT2D eigenvalue weighted by Crippen LogP contribution is -2.46. The molecule has 1 rings (SSSR count). The van der Waals surface area contributed by atoms with E-state index in [1.165, 1.54) is 0 Å². The maximum Gasteiger partial charge on any atom is 0.383 e. The van der Waals surface area contributed by atoms with Gasteiger partial charge < -0.3 is 5.32 Å². The summed E-state index contributed by atoms with van der Waals surface area (Å²) in [6.07, 6.45) is -3.12. The van der Waals surface area contributed by atoms with Gasteiger partial charge in [-0.05, 0) is 23.8 Å². The van der Waals surface area contributed by atoms with E-state index in [9.17, 15) is 22.4 Å². The van der Waals surface area contributed by atoms with Crippen molar-refractivity contribution in [2.75, 3.05) is 18.1 Å². The monoisotopic (exact) mass is 245 g/mol. The Labute approximate surface area is 88.8 Å². The van der Waals surface area contributed by atoms with Crippen LogP contribution in [-0.4, -0.2) is 36.3 Å². The first-order chi connectivity index (χ1) is 6.94. The van der Waals surface area contributed by atoms with Crippen LogP contribution in [0.1, 0.15) is 6.42 Å². The first-order valence-electron chi connectivity index (χ1n) is 4.46. The number of alkyl halides is 4. The molecule has 1 amide bonds. The number of amides is 1. The molecule has 1 fully saturated rings. The molecule has 7 heteroatoms. The van der Waals surface area contributed by atoms with E-state index >= 15 is 0 Å². The first kappa shape index (κ1) is 12.6. The third kappa shape index (κ3) is 3.25. The molecular formula is C8H11F4NOS. The molecule has 15 heavy (non-hydrogen) atoms. The number of halogens is 4. The molecule has 0 aromatic heterocycles. The Morgan fingerprint density at radius 1 is 1.53 bits per heavy atom. The van der Waals surface area contributed by atoms with Crippen LogP contribution in [0.2, 0.25) is 0 Å². The van der Waals surface area contributed by atoms with Gasteiger partial charge in [-0.15, -0.1) is 0 Å². The van der Waals surface area contributed by atoms with E-state index < -0.39 is 18.3 Å². The Bertz CT molecular complexity index is 231. The van der Waals surface area contributed by atoms with Crippen LogP contribution in [0.5, 0.6) is 0 Å². The van der Waals surface area contributed by atoms with Gasteiger partial charge >= 0.3 is 12.3 Å². The van der Waals surface area contributed by atoms with Gasteiger partial charge in [-0.25, -0.2) is 8.78 Å². The minimum atomic E-state index is -4.58. The van der Waals surface area contributed by atoms with E-state index in [4.69, 9.17) is 0 Å². The highest BCUT2D eigenvalue weighted by Crippen LogP contribution is 2.25. The van der Waals surface area contributed by atoms with Gasteiger partial charge in [-0.1, -0.05) is 0 Å². The molecule has 1 heterocycles. The topological polar surface area (TPSA) is 29.1 Å². The van der Waals surface area contributed by atoms with Gasteiger partial charge in [0.05, 0.1) is 0 Å². The van der Waals surface area contributed by atoms with Gasteiger partial charge in [-0.2, -0.15) is 20.5 Å². The predicted molar refractivity (Wildman–Crippen MR) is 49.4 cm³/mol. The van der Waals surface area contributed by atoms with E-state index in [1.807, 2.05) is 5.32 Å². The van der Waals surface area contributed by atoms with Crippen molar-refractivity contribution in [3.8, 4) is 0 Å². The number of hydrogen-bond donors (Lipinski definition) is 1. The lowest BCUT2D eigenvalue weighted by molar-refractivity contribution is -0.169. The van der Waals surface area contributed by atoms with Crippen molar-refractivity contribution in [3.63, 3.8) is 0 Å². The molecule has 1 N–H and O–H groups in total. The second-order valence-corrected chi connectivity index (χ2v) is 4.51. The number of nitrogens with one attached hydrogen (secondary N) is 1. The Hall–Kier alpha value is -0.460. The van der Waals surface area contributed by atoms with Crippen molar-refractivity contribution in [1.29, 1.82) is 0 Å². The second kappa shape index (κ2) is 5.05. The zero-order chi connectivity index (χ0) is 11.5. The van der Waals surface area contributed by atoms with Gasteiger partial charge in [0.1, 0.15) is 0 Å². The van der Waals surface area contributed by atoms with Gasteiger partial charge in [0, 0.05) is 6.54 Å². The zero-order valence-electron chi connectivity index (χ0n) is 7.81. The lowest BCUT2D eigenvalue weighted by atomic mass is 10.1. The summed E-state index contributed by atoms with van der Waals surface area (Å²) in [4.78, 5) is 10.7. The average Bonchev–Trinajstić information content (AvgIpc) is 2.66. The molecule has 88 valence electrons. The molecule has 0 aliphatic carbocycles. The lowest BCUT2D eigenvalue weighted by Gasteiger charge is -2.16. The minimum absolute atomic E-state index is 0.0497. The summed E-state index contributed by atoms with van der Waals surface area (Å²) in [5.41, 5.74) is 0. The average molecular weight is 245 g/mol. The number of carbonyl (C=O) groups is 1. The molecule has 1 atom stereocenters. The second-order valence-electron chi connectivity index (χ2n) is 3.36. The third-order valence-corrected chi connectivity index (χ3v) is 3.38. The Morgan fingerprint density at radius 2 is 2.20 bits per heavy atom. The summed E-state index contributed by atoms with van der Waals surface area (Å²) in [7, 11) is 0. The standard InChI is InChI=1S/C8H11F4NOS/c9-6(10)8(11,12)7(14)13-3-5-1-2-15-4-5/h5-6H,1-4H2,(H,13,14). The van der Waals surface area contributed by atoms with Crippen LogP contribution < -0.4 is 5.32 Å². The summed E-state index contributed by atoms with van der Waals surface area (Å²) in [5.74, 6) is -4.64. The van der Waals surface area contributed by atoms with E-state index in [2.05, 4.69) is 0 Å². The first-order valence-corrected chi connectivity index (χ1v) is 5.62. The SMILES string of the molecule is O=C(NCC1CCSC1)C(F)(F)C(F)F. The molecule has 0 spiro atoms. The quantitative estimate of drug-likeness (QED) is 0.765. The maximum atomic E-state index is 12.4. The van der Waals surface area contributed by atoms with Crippen LogP contribution in [0.3, 0.4) is 0 Å². The molecule has 0 bridgehead atoms. The number of thioether (sulfide) groups is 1. The summed E-state index contributed by atoms with van der Waals surface area (Å²) in [6, 6.07) is 0. The fourth-order valence-electron chi connectivity index (χ4n) is 1.20. The van der Waals surface area contributed by atoms with Gasteiger partial charge in [0.25, 0.3) is 5.91 Å². The van der Waals surface area contributed by atoms with Crippen LogP contribution in [-0.2, 0) is 4.79 Å². The molecule has 1 aliphatic heterocycles. The highest BCUT2D eigenvalue weighted by atomic mass is 32.2. The minimum Gasteiger partial charge on any atom is -0.350 e. The predicted octanol–water partition coefficient (Wildman–Crippen LogP) is 1.76. The van der Waals surface area contributed by atoms with Crippen molar-refractivity contribution in [3.05, 3.63) is 0 Å². The van der Waals surface area contributed by atoms with Crippen molar-refractivity contribution in [1.82, 2.24) is 5.32 Å². The fourth-order valence-corrected chi connectivity index (χ4v) is 2.48. The highest BCUT2D eigenvalue weighted by molar-refractivity contribution is 7.99. The molecule has 0 aromatic carbocycles. The largest absolute Gasteiger partial charge is 0.383 e. The molecule has 2 nitrogen and oxygen atoms in total. The van der Waals surface area contributed by atoms with Crippen molar-refractivity contribution in [2.45, 2.75) is 18.8 Å². The van der Waals surface area contributed by atoms with Gasteiger partial charge in [0.2, 0.25) is 0 Å². The summed E-state index contributed by atoms with van der Waals surface area (Å²) in [6.45, 7) is 0.0497. The van der Waals surface area contributed by atoms with Crippen LogP contribution >= 0.6 is 11.8 Å². The van der Waals surface area contributed by atoms with Crippen molar-refractivity contribution < 1.29 is 22.4 Å². The Balaban J connectivity index is 2.34. The molecule has 0 aromatic rings. The third-order valence-electron chi connectivity index (χ3n) is 2.15. The van der Waals surface area contributed by atoms with E-state index in [0.29, 0.717) is 0 Å². The molecule has 0 saturated carbocycles. The normalized spacial score (nSPS) is 22.1. The van der Waals surface area contributed by atoms with E-state index in [-0.39, 0.29) is 12.5 Å². The zero-order valence-corrected chi connectivity index (χ0v) is 8.63. The van der Waals surface area contributed by atoms with Crippen molar-refractivity contribution in [2.24, 2.45) is 5.92 Å². The fraction of sp³-hybridized carbons (Fsp3) is 0.875. The number of rotatable bonds is 4. The van der Waals surface area contributed by atoms with Gasteiger partial charge in [0.15, 0.2) is 0 Å². The maximum absolute atomic E-state index is 12.4. The van der Waals surface area contributed by atoms with Crippen LogP contribution in [0.4, 0.5) is 17.6 Å².